The Balaban J connectivity index is 1.34. The molecule has 34 heavy (non-hydrogen) atoms. The van der Waals surface area contributed by atoms with Crippen molar-refractivity contribution in [2.45, 2.75) is 19.9 Å². The summed E-state index contributed by atoms with van der Waals surface area (Å²) < 4.78 is 2.73. The molecule has 0 spiro atoms. The molecule has 0 aliphatic rings. The Hall–Kier alpha value is -4.11. The number of aryl methyl sites for hydroxylation is 2. The first kappa shape index (κ1) is 21.7. The molecule has 0 fully saturated rings. The first-order valence-corrected chi connectivity index (χ1v) is 11.7. The van der Waals surface area contributed by atoms with Crippen molar-refractivity contribution < 1.29 is 4.79 Å². The number of hydrogen-bond acceptors (Lipinski definition) is 7. The smallest absolute Gasteiger partial charge is 0.276 e. The van der Waals surface area contributed by atoms with Crippen LogP contribution in [0, 0.1) is 6.92 Å². The van der Waals surface area contributed by atoms with Gasteiger partial charge in [0.25, 0.3) is 5.91 Å². The predicted octanol–water partition coefficient (Wildman–Crippen LogP) is 5.22. The van der Waals surface area contributed by atoms with E-state index >= 15 is 0 Å². The van der Waals surface area contributed by atoms with Gasteiger partial charge in [0.1, 0.15) is 11.6 Å². The molecule has 0 aliphatic heterocycles. The Labute approximate surface area is 200 Å². The van der Waals surface area contributed by atoms with Crippen LogP contribution in [0.1, 0.15) is 34.8 Å². The van der Waals surface area contributed by atoms with Gasteiger partial charge in [-0.2, -0.15) is 5.10 Å². The zero-order chi connectivity index (χ0) is 23.7. The van der Waals surface area contributed by atoms with Gasteiger partial charge in [-0.15, -0.1) is 11.3 Å². The van der Waals surface area contributed by atoms with Crippen LogP contribution in [-0.4, -0.2) is 30.6 Å². The molecule has 0 aliphatic carbocycles. The standard InChI is InChI=1S/C25H23N7OS/c1-15(17-5-4-6-19(11-17)30-25(33)21-9-10-32(3)31-21)27-24-13-22(28-16(2)29-24)18-7-8-20-23(12-18)34-14-26-20/h4-15H,1-3H3,(H,30,33)(H,27,28,29). The van der Waals surface area contributed by atoms with Crippen molar-refractivity contribution in [2.24, 2.45) is 7.05 Å². The fraction of sp³-hybridized carbons (Fsp3) is 0.160. The number of rotatable bonds is 6. The fourth-order valence-electron chi connectivity index (χ4n) is 3.73. The number of anilines is 2. The van der Waals surface area contributed by atoms with E-state index in [4.69, 9.17) is 0 Å². The van der Waals surface area contributed by atoms with Crippen LogP contribution >= 0.6 is 11.3 Å². The summed E-state index contributed by atoms with van der Waals surface area (Å²) in [5, 5.41) is 10.5. The van der Waals surface area contributed by atoms with Gasteiger partial charge in [0.05, 0.1) is 27.5 Å². The number of nitrogens with zero attached hydrogens (tertiary/aromatic N) is 5. The third kappa shape index (κ3) is 4.65. The van der Waals surface area contributed by atoms with Gasteiger partial charge in [0.2, 0.25) is 0 Å². The topological polar surface area (TPSA) is 97.6 Å². The number of hydrogen-bond donors (Lipinski definition) is 2. The lowest BCUT2D eigenvalue weighted by Crippen LogP contribution is -2.14. The minimum absolute atomic E-state index is 0.0437. The summed E-state index contributed by atoms with van der Waals surface area (Å²) in [5.74, 6) is 1.18. The van der Waals surface area contributed by atoms with Crippen LogP contribution in [0.25, 0.3) is 21.5 Å². The molecule has 170 valence electrons. The van der Waals surface area contributed by atoms with E-state index in [2.05, 4.69) is 43.7 Å². The maximum absolute atomic E-state index is 12.5. The van der Waals surface area contributed by atoms with Crippen LogP contribution in [0.3, 0.4) is 0 Å². The van der Waals surface area contributed by atoms with E-state index in [0.29, 0.717) is 17.2 Å². The molecule has 8 nitrogen and oxygen atoms in total. The highest BCUT2D eigenvalue weighted by atomic mass is 32.1. The number of benzene rings is 2. The highest BCUT2D eigenvalue weighted by Gasteiger charge is 2.13. The van der Waals surface area contributed by atoms with Crippen molar-refractivity contribution in [3.8, 4) is 11.3 Å². The number of nitrogens with one attached hydrogen (secondary N) is 2. The van der Waals surface area contributed by atoms with Gasteiger partial charge >= 0.3 is 0 Å². The Morgan fingerprint density at radius 2 is 1.97 bits per heavy atom. The van der Waals surface area contributed by atoms with Gasteiger partial charge in [-0.05, 0) is 49.7 Å². The molecule has 2 aromatic carbocycles. The quantitative estimate of drug-likeness (QED) is 0.354. The Kier molecular flexibility index (Phi) is 5.77. The summed E-state index contributed by atoms with van der Waals surface area (Å²) in [6, 6.07) is 17.5. The molecule has 1 amide bonds. The minimum atomic E-state index is -0.243. The number of aromatic nitrogens is 5. The van der Waals surface area contributed by atoms with Gasteiger partial charge in [-0.25, -0.2) is 15.0 Å². The van der Waals surface area contributed by atoms with Crippen LogP contribution < -0.4 is 10.6 Å². The zero-order valence-electron chi connectivity index (χ0n) is 19.0. The van der Waals surface area contributed by atoms with E-state index in [9.17, 15) is 4.79 Å². The van der Waals surface area contributed by atoms with E-state index in [1.165, 1.54) is 0 Å². The lowest BCUT2D eigenvalue weighted by molar-refractivity contribution is 0.102. The highest BCUT2D eigenvalue weighted by Crippen LogP contribution is 2.28. The molecule has 1 atom stereocenters. The first-order valence-electron chi connectivity index (χ1n) is 10.8. The number of thiazole rings is 1. The summed E-state index contributed by atoms with van der Waals surface area (Å²) >= 11 is 1.61. The molecule has 3 heterocycles. The molecule has 0 saturated heterocycles. The lowest BCUT2D eigenvalue weighted by atomic mass is 10.1. The van der Waals surface area contributed by atoms with Crippen molar-refractivity contribution in [1.29, 1.82) is 0 Å². The monoisotopic (exact) mass is 469 g/mol. The average Bonchev–Trinajstić information content (AvgIpc) is 3.47. The second-order valence-corrected chi connectivity index (χ2v) is 8.93. The molecule has 0 saturated carbocycles. The van der Waals surface area contributed by atoms with Gasteiger partial charge < -0.3 is 10.6 Å². The van der Waals surface area contributed by atoms with Crippen molar-refractivity contribution in [2.75, 3.05) is 10.6 Å². The van der Waals surface area contributed by atoms with Crippen molar-refractivity contribution in [3.05, 3.63) is 83.4 Å². The molecule has 9 heteroatoms. The second kappa shape index (κ2) is 9.03. The Morgan fingerprint density at radius 1 is 1.09 bits per heavy atom. The first-order chi connectivity index (χ1) is 16.4. The zero-order valence-corrected chi connectivity index (χ0v) is 19.8. The third-order valence-electron chi connectivity index (χ3n) is 5.42. The SMILES string of the molecule is Cc1nc(NC(C)c2cccc(NC(=O)c3ccn(C)n3)c2)cc(-c2ccc3ncsc3c2)n1. The van der Waals surface area contributed by atoms with Crippen LogP contribution in [0.2, 0.25) is 0 Å². The predicted molar refractivity (Wildman–Crippen MR) is 135 cm³/mol. The normalized spacial score (nSPS) is 12.0. The van der Waals surface area contributed by atoms with E-state index in [1.54, 1.807) is 35.3 Å². The van der Waals surface area contributed by atoms with Gasteiger partial charge in [-0.1, -0.05) is 18.2 Å². The van der Waals surface area contributed by atoms with E-state index in [1.807, 2.05) is 54.9 Å². The largest absolute Gasteiger partial charge is 0.363 e. The maximum atomic E-state index is 12.5. The third-order valence-corrected chi connectivity index (χ3v) is 6.21. The number of fused-ring (bicyclic) bond motifs is 1. The van der Waals surface area contributed by atoms with Crippen molar-refractivity contribution in [1.82, 2.24) is 24.7 Å². The maximum Gasteiger partial charge on any atom is 0.276 e. The summed E-state index contributed by atoms with van der Waals surface area (Å²) in [6.45, 7) is 3.94. The van der Waals surface area contributed by atoms with Gasteiger partial charge in [0.15, 0.2) is 5.69 Å². The molecule has 3 aromatic heterocycles. The molecule has 5 rings (SSSR count). The highest BCUT2D eigenvalue weighted by molar-refractivity contribution is 7.16. The summed E-state index contributed by atoms with van der Waals surface area (Å²) in [6.07, 6.45) is 1.74. The lowest BCUT2D eigenvalue weighted by Gasteiger charge is -2.17. The molecular formula is C25H23N7OS. The average molecular weight is 470 g/mol. The van der Waals surface area contributed by atoms with Crippen LogP contribution in [0.15, 0.2) is 66.3 Å². The molecule has 0 radical (unpaired) electrons. The number of carbonyl (C=O) groups is 1. The minimum Gasteiger partial charge on any atom is -0.363 e. The van der Waals surface area contributed by atoms with Crippen LogP contribution in [0.4, 0.5) is 11.5 Å². The second-order valence-electron chi connectivity index (χ2n) is 8.04. The molecule has 5 aromatic rings. The summed E-state index contributed by atoms with van der Waals surface area (Å²) in [4.78, 5) is 26.0. The number of carbonyl (C=O) groups excluding carboxylic acids is 1. The Bertz CT molecular complexity index is 1490. The molecular weight excluding hydrogens is 446 g/mol. The Morgan fingerprint density at radius 3 is 2.79 bits per heavy atom. The molecule has 1 unspecified atom stereocenters. The van der Waals surface area contributed by atoms with Gasteiger partial charge in [0, 0.05) is 30.6 Å². The van der Waals surface area contributed by atoms with Crippen molar-refractivity contribution >= 4 is 39.0 Å². The van der Waals surface area contributed by atoms with E-state index in [-0.39, 0.29) is 11.9 Å². The van der Waals surface area contributed by atoms with Crippen LogP contribution in [0.5, 0.6) is 0 Å². The summed E-state index contributed by atoms with van der Waals surface area (Å²) in [7, 11) is 1.78. The number of amides is 1. The molecule has 2 N–H and O–H groups in total. The van der Waals surface area contributed by atoms with Crippen molar-refractivity contribution in [3.63, 3.8) is 0 Å². The van der Waals surface area contributed by atoms with E-state index < -0.39 is 0 Å². The fourth-order valence-corrected chi connectivity index (χ4v) is 4.44. The summed E-state index contributed by atoms with van der Waals surface area (Å²) in [5.41, 5.74) is 6.82. The van der Waals surface area contributed by atoms with E-state index in [0.717, 1.165) is 32.9 Å². The molecule has 0 bridgehead atoms. The van der Waals surface area contributed by atoms with Crippen LogP contribution in [-0.2, 0) is 7.05 Å². The van der Waals surface area contributed by atoms with Gasteiger partial charge in [-0.3, -0.25) is 9.48 Å².